The third kappa shape index (κ3) is 2.56. The number of rotatable bonds is 2. The van der Waals surface area contributed by atoms with Gasteiger partial charge in [0.1, 0.15) is 5.75 Å². The van der Waals surface area contributed by atoms with Gasteiger partial charge in [0.05, 0.1) is 5.56 Å². The Morgan fingerprint density at radius 3 is 2.33 bits per heavy atom. The Balaban J connectivity index is 2.12. The van der Waals surface area contributed by atoms with Gasteiger partial charge in [-0.15, -0.1) is 0 Å². The van der Waals surface area contributed by atoms with Crippen molar-refractivity contribution < 1.29 is 15.0 Å². The molecular weight excluding hydrogens is 288 g/mol. The molecule has 21 heavy (non-hydrogen) atoms. The second-order valence-electron chi connectivity index (χ2n) is 4.75. The van der Waals surface area contributed by atoms with E-state index in [4.69, 9.17) is 16.7 Å². The van der Waals surface area contributed by atoms with Crippen molar-refractivity contribution in [2.75, 3.05) is 0 Å². The zero-order valence-electron chi connectivity index (χ0n) is 10.9. The van der Waals surface area contributed by atoms with Crippen LogP contribution in [-0.4, -0.2) is 16.2 Å². The van der Waals surface area contributed by atoms with Crippen LogP contribution in [0.15, 0.2) is 54.6 Å². The summed E-state index contributed by atoms with van der Waals surface area (Å²) < 4.78 is 0. The number of hydrogen-bond donors (Lipinski definition) is 2. The molecule has 2 N–H and O–H groups in total. The van der Waals surface area contributed by atoms with Crippen LogP contribution >= 0.6 is 11.6 Å². The number of phenolic OH excluding ortho intramolecular Hbond substituents is 1. The van der Waals surface area contributed by atoms with E-state index in [0.29, 0.717) is 5.02 Å². The van der Waals surface area contributed by atoms with E-state index in [2.05, 4.69) is 0 Å². The van der Waals surface area contributed by atoms with Gasteiger partial charge in [0.25, 0.3) is 0 Å². The van der Waals surface area contributed by atoms with Gasteiger partial charge in [-0.3, -0.25) is 0 Å². The first kappa shape index (κ1) is 13.5. The molecule has 0 atom stereocenters. The van der Waals surface area contributed by atoms with Gasteiger partial charge in [-0.1, -0.05) is 35.9 Å². The smallest absolute Gasteiger partial charge is 0.335 e. The van der Waals surface area contributed by atoms with Crippen LogP contribution in [0.2, 0.25) is 5.02 Å². The molecule has 0 bridgehead atoms. The molecule has 0 aromatic heterocycles. The highest BCUT2D eigenvalue weighted by Gasteiger charge is 2.09. The van der Waals surface area contributed by atoms with E-state index in [1.54, 1.807) is 18.2 Å². The molecular formula is C17H11ClO3. The van der Waals surface area contributed by atoms with E-state index >= 15 is 0 Å². The van der Waals surface area contributed by atoms with Crippen molar-refractivity contribution in [1.29, 1.82) is 0 Å². The highest BCUT2D eigenvalue weighted by molar-refractivity contribution is 6.33. The Morgan fingerprint density at radius 1 is 0.905 bits per heavy atom. The molecule has 104 valence electrons. The molecule has 3 aromatic carbocycles. The lowest BCUT2D eigenvalue weighted by Gasteiger charge is -2.07. The summed E-state index contributed by atoms with van der Waals surface area (Å²) in [5, 5.41) is 20.7. The first-order valence-corrected chi connectivity index (χ1v) is 6.68. The quantitative estimate of drug-likeness (QED) is 0.729. The van der Waals surface area contributed by atoms with E-state index in [-0.39, 0.29) is 11.3 Å². The topological polar surface area (TPSA) is 57.5 Å². The van der Waals surface area contributed by atoms with Crippen molar-refractivity contribution in [3.8, 4) is 16.9 Å². The highest BCUT2D eigenvalue weighted by atomic mass is 35.5. The minimum atomic E-state index is -1.00. The van der Waals surface area contributed by atoms with E-state index < -0.39 is 5.97 Å². The van der Waals surface area contributed by atoms with Gasteiger partial charge >= 0.3 is 5.97 Å². The average molecular weight is 299 g/mol. The molecule has 3 nitrogen and oxygen atoms in total. The molecule has 0 fully saturated rings. The number of halogens is 1. The van der Waals surface area contributed by atoms with Gasteiger partial charge in [0.2, 0.25) is 0 Å². The lowest BCUT2D eigenvalue weighted by Crippen LogP contribution is -1.95. The Morgan fingerprint density at radius 2 is 1.62 bits per heavy atom. The summed E-state index contributed by atoms with van der Waals surface area (Å²) in [7, 11) is 0. The van der Waals surface area contributed by atoms with Crippen LogP contribution in [0.3, 0.4) is 0 Å². The zero-order chi connectivity index (χ0) is 15.0. The molecule has 0 radical (unpaired) electrons. The first-order valence-electron chi connectivity index (χ1n) is 6.30. The Bertz CT molecular complexity index is 856. The molecule has 0 unspecified atom stereocenters. The fraction of sp³-hybridized carbons (Fsp3) is 0. The third-order valence-corrected chi connectivity index (χ3v) is 3.66. The van der Waals surface area contributed by atoms with Crippen LogP contribution in [0, 0.1) is 0 Å². The molecule has 0 spiro atoms. The number of carboxylic acid groups (broad SMARTS) is 1. The summed E-state index contributed by atoms with van der Waals surface area (Å²) in [5.74, 6) is -0.781. The number of benzene rings is 3. The fourth-order valence-corrected chi connectivity index (χ4v) is 2.57. The van der Waals surface area contributed by atoms with Crippen LogP contribution in [0.1, 0.15) is 10.4 Å². The van der Waals surface area contributed by atoms with Gasteiger partial charge in [0, 0.05) is 10.6 Å². The van der Waals surface area contributed by atoms with Crippen LogP contribution < -0.4 is 0 Å². The average Bonchev–Trinajstić information content (AvgIpc) is 2.46. The molecule has 3 aromatic rings. The normalized spacial score (nSPS) is 10.7. The van der Waals surface area contributed by atoms with Gasteiger partial charge in [-0.2, -0.15) is 0 Å². The van der Waals surface area contributed by atoms with Crippen LogP contribution in [0.4, 0.5) is 0 Å². The maximum atomic E-state index is 10.9. The van der Waals surface area contributed by atoms with E-state index in [9.17, 15) is 9.90 Å². The van der Waals surface area contributed by atoms with Crippen molar-refractivity contribution in [2.24, 2.45) is 0 Å². The summed E-state index contributed by atoms with van der Waals surface area (Å²) >= 11 is 6.18. The third-order valence-electron chi connectivity index (χ3n) is 3.35. The Labute approximate surface area is 126 Å². The lowest BCUT2D eigenvalue weighted by atomic mass is 10.00. The highest BCUT2D eigenvalue weighted by Crippen LogP contribution is 2.31. The molecule has 0 saturated carbocycles. The second kappa shape index (κ2) is 5.11. The number of fused-ring (bicyclic) bond motifs is 1. The summed E-state index contributed by atoms with van der Waals surface area (Å²) in [6.07, 6.45) is 0. The fourth-order valence-electron chi connectivity index (χ4n) is 2.28. The molecule has 0 aliphatic rings. The SMILES string of the molecule is O=C(O)c1ccc(-c2ccc3cc(O)ccc3c2)c(Cl)c1. The summed E-state index contributed by atoms with van der Waals surface area (Å²) in [6, 6.07) is 15.6. The van der Waals surface area contributed by atoms with Crippen LogP contribution in [0.5, 0.6) is 5.75 Å². The molecule has 0 aliphatic heterocycles. The maximum Gasteiger partial charge on any atom is 0.335 e. The number of hydrogen-bond acceptors (Lipinski definition) is 2. The monoisotopic (exact) mass is 298 g/mol. The molecule has 0 heterocycles. The predicted molar refractivity (Wildman–Crippen MR) is 83.0 cm³/mol. The van der Waals surface area contributed by atoms with Crippen LogP contribution in [0.25, 0.3) is 21.9 Å². The number of aromatic carboxylic acids is 1. The summed E-state index contributed by atoms with van der Waals surface area (Å²) in [6.45, 7) is 0. The van der Waals surface area contributed by atoms with Gasteiger partial charge in [-0.25, -0.2) is 4.79 Å². The second-order valence-corrected chi connectivity index (χ2v) is 5.15. The molecule has 4 heteroatoms. The largest absolute Gasteiger partial charge is 0.508 e. The van der Waals surface area contributed by atoms with Crippen molar-refractivity contribution in [2.45, 2.75) is 0 Å². The standard InChI is InChI=1S/C17H11ClO3/c18-16-9-13(17(20)21)4-6-15(16)12-2-1-11-8-14(19)5-3-10(11)7-12/h1-9,19H,(H,20,21). The Hall–Kier alpha value is -2.52. The van der Waals surface area contributed by atoms with E-state index in [1.165, 1.54) is 12.1 Å². The number of carbonyl (C=O) groups is 1. The number of aromatic hydroxyl groups is 1. The van der Waals surface area contributed by atoms with Crippen molar-refractivity contribution in [3.05, 3.63) is 65.2 Å². The van der Waals surface area contributed by atoms with Crippen LogP contribution in [-0.2, 0) is 0 Å². The van der Waals surface area contributed by atoms with Gasteiger partial charge < -0.3 is 10.2 Å². The summed E-state index contributed by atoms with van der Waals surface area (Å²) in [4.78, 5) is 10.9. The number of phenols is 1. The lowest BCUT2D eigenvalue weighted by molar-refractivity contribution is 0.0697. The maximum absolute atomic E-state index is 10.9. The molecule has 3 rings (SSSR count). The van der Waals surface area contributed by atoms with Crippen molar-refractivity contribution in [1.82, 2.24) is 0 Å². The van der Waals surface area contributed by atoms with E-state index in [0.717, 1.165) is 21.9 Å². The van der Waals surface area contributed by atoms with Crippen molar-refractivity contribution in [3.63, 3.8) is 0 Å². The molecule has 0 aliphatic carbocycles. The predicted octanol–water partition coefficient (Wildman–Crippen LogP) is 4.56. The molecule has 0 amide bonds. The van der Waals surface area contributed by atoms with Gasteiger partial charge in [0.15, 0.2) is 0 Å². The number of carboxylic acids is 1. The zero-order valence-corrected chi connectivity index (χ0v) is 11.6. The minimum absolute atomic E-state index is 0.162. The Kier molecular flexibility index (Phi) is 3.28. The minimum Gasteiger partial charge on any atom is -0.508 e. The van der Waals surface area contributed by atoms with E-state index in [1.807, 2.05) is 24.3 Å². The summed E-state index contributed by atoms with van der Waals surface area (Å²) in [5.41, 5.74) is 1.83. The van der Waals surface area contributed by atoms with Gasteiger partial charge in [-0.05, 0) is 46.7 Å². The van der Waals surface area contributed by atoms with Crippen molar-refractivity contribution >= 4 is 28.3 Å². The molecule has 0 saturated heterocycles. The first-order chi connectivity index (χ1) is 10.0.